The van der Waals surface area contributed by atoms with Crippen molar-refractivity contribution in [3.63, 3.8) is 0 Å². The number of nitrogens with two attached hydrogens (primary N) is 1. The number of halogens is 2. The van der Waals surface area contributed by atoms with Gasteiger partial charge >= 0.3 is 0 Å². The molecule has 1 amide bonds. The summed E-state index contributed by atoms with van der Waals surface area (Å²) in [6, 6.07) is 3.17. The Hall–Kier alpha value is -1.43. The van der Waals surface area contributed by atoms with Gasteiger partial charge in [-0.1, -0.05) is 0 Å². The van der Waals surface area contributed by atoms with E-state index in [1.165, 1.54) is 10.8 Å². The van der Waals surface area contributed by atoms with Crippen molar-refractivity contribution in [2.24, 2.45) is 5.73 Å². The summed E-state index contributed by atoms with van der Waals surface area (Å²) in [6.07, 6.45) is 0.806. The molecule has 0 unspecified atom stereocenters. The number of carbonyl (C=O) groups is 1. The summed E-state index contributed by atoms with van der Waals surface area (Å²) in [5, 5.41) is 0. The molecule has 0 aromatic carbocycles. The molecule has 1 atom stereocenters. The van der Waals surface area contributed by atoms with E-state index in [0.717, 1.165) is 12.8 Å². The second-order valence-corrected chi connectivity index (χ2v) is 4.59. The Morgan fingerprint density at radius 1 is 1.56 bits per heavy atom. The van der Waals surface area contributed by atoms with Crippen molar-refractivity contribution in [3.8, 4) is 0 Å². The lowest BCUT2D eigenvalue weighted by Crippen LogP contribution is -2.46. The summed E-state index contributed by atoms with van der Waals surface area (Å²) in [7, 11) is 0. The number of hydrogen-bond acceptors (Lipinski definition) is 2. The molecule has 0 saturated carbocycles. The lowest BCUT2D eigenvalue weighted by atomic mass is 10.1. The van der Waals surface area contributed by atoms with Gasteiger partial charge in [0.05, 0.1) is 6.54 Å². The number of aromatic nitrogens is 1. The standard InChI is InChI=1S/C12H17F2N3O/c13-11(14)8-16-5-2-4-10(16)12(18)17-6-1-3-9(15)7-17/h2,4-5,9,11H,1,3,6-8,15H2/t9-/m1/s1. The molecule has 1 aromatic rings. The van der Waals surface area contributed by atoms with Crippen LogP contribution in [0.25, 0.3) is 0 Å². The van der Waals surface area contributed by atoms with Crippen LogP contribution < -0.4 is 5.73 Å². The Balaban J connectivity index is 2.10. The van der Waals surface area contributed by atoms with Crippen LogP contribution in [-0.4, -0.2) is 40.9 Å². The van der Waals surface area contributed by atoms with Gasteiger partial charge in [0.25, 0.3) is 12.3 Å². The van der Waals surface area contributed by atoms with Gasteiger partial charge in [-0.15, -0.1) is 0 Å². The van der Waals surface area contributed by atoms with Gasteiger partial charge < -0.3 is 15.2 Å². The van der Waals surface area contributed by atoms with Crippen LogP contribution in [0.3, 0.4) is 0 Å². The second-order valence-electron chi connectivity index (χ2n) is 4.59. The highest BCUT2D eigenvalue weighted by Gasteiger charge is 2.24. The predicted octanol–water partition coefficient (Wildman–Crippen LogP) is 1.32. The summed E-state index contributed by atoms with van der Waals surface area (Å²) >= 11 is 0. The van der Waals surface area contributed by atoms with Gasteiger partial charge in [-0.2, -0.15) is 0 Å². The molecule has 6 heteroatoms. The highest BCUT2D eigenvalue weighted by molar-refractivity contribution is 5.92. The minimum Gasteiger partial charge on any atom is -0.338 e. The Morgan fingerprint density at radius 2 is 2.33 bits per heavy atom. The monoisotopic (exact) mass is 257 g/mol. The van der Waals surface area contributed by atoms with Crippen molar-refractivity contribution in [2.45, 2.75) is 31.9 Å². The van der Waals surface area contributed by atoms with Gasteiger partial charge in [0, 0.05) is 25.3 Å². The number of piperidine rings is 1. The zero-order valence-electron chi connectivity index (χ0n) is 10.1. The van der Waals surface area contributed by atoms with Crippen LogP contribution in [0, 0.1) is 0 Å². The van der Waals surface area contributed by atoms with Crippen molar-refractivity contribution in [2.75, 3.05) is 13.1 Å². The first kappa shape index (κ1) is 13.0. The summed E-state index contributed by atoms with van der Waals surface area (Å²) in [5.74, 6) is -0.212. The average Bonchev–Trinajstić information content (AvgIpc) is 2.75. The van der Waals surface area contributed by atoms with E-state index < -0.39 is 13.0 Å². The van der Waals surface area contributed by atoms with Crippen molar-refractivity contribution in [1.29, 1.82) is 0 Å². The van der Waals surface area contributed by atoms with Gasteiger partial charge in [-0.25, -0.2) is 8.78 Å². The minimum absolute atomic E-state index is 0.0128. The van der Waals surface area contributed by atoms with Gasteiger partial charge in [-0.05, 0) is 25.0 Å². The molecule has 1 aromatic heterocycles. The highest BCUT2D eigenvalue weighted by atomic mass is 19.3. The number of carbonyl (C=O) groups excluding carboxylic acids is 1. The normalized spacial score (nSPS) is 20.4. The Bertz CT molecular complexity index is 419. The van der Waals surface area contributed by atoms with Crippen molar-refractivity contribution in [1.82, 2.24) is 9.47 Å². The molecule has 0 radical (unpaired) electrons. The van der Waals surface area contributed by atoms with Crippen LogP contribution in [0.2, 0.25) is 0 Å². The van der Waals surface area contributed by atoms with Crippen molar-refractivity contribution >= 4 is 5.91 Å². The molecule has 1 aliphatic rings. The zero-order chi connectivity index (χ0) is 13.1. The molecule has 0 aliphatic carbocycles. The lowest BCUT2D eigenvalue weighted by Gasteiger charge is -2.31. The zero-order valence-corrected chi connectivity index (χ0v) is 10.1. The fourth-order valence-corrected chi connectivity index (χ4v) is 2.27. The molecule has 100 valence electrons. The number of alkyl halides is 2. The molecule has 1 saturated heterocycles. The Morgan fingerprint density at radius 3 is 3.00 bits per heavy atom. The third-order valence-corrected chi connectivity index (χ3v) is 3.13. The first-order chi connectivity index (χ1) is 8.58. The molecule has 0 bridgehead atoms. The van der Waals surface area contributed by atoms with E-state index in [4.69, 9.17) is 5.73 Å². The van der Waals surface area contributed by atoms with Crippen LogP contribution in [-0.2, 0) is 6.54 Å². The highest BCUT2D eigenvalue weighted by Crippen LogP contribution is 2.14. The third-order valence-electron chi connectivity index (χ3n) is 3.13. The maximum atomic E-state index is 12.4. The Kier molecular flexibility index (Phi) is 3.96. The number of nitrogens with zero attached hydrogens (tertiary/aromatic N) is 2. The maximum absolute atomic E-state index is 12.4. The Labute approximate surface area is 104 Å². The van der Waals surface area contributed by atoms with E-state index >= 15 is 0 Å². The predicted molar refractivity (Wildman–Crippen MR) is 63.5 cm³/mol. The van der Waals surface area contributed by atoms with E-state index in [1.807, 2.05) is 0 Å². The molecular weight excluding hydrogens is 240 g/mol. The average molecular weight is 257 g/mol. The topological polar surface area (TPSA) is 51.3 Å². The number of amides is 1. The van der Waals surface area contributed by atoms with Crippen LogP contribution in [0.15, 0.2) is 18.3 Å². The summed E-state index contributed by atoms with van der Waals surface area (Å²) in [6.45, 7) is 0.694. The molecule has 1 fully saturated rings. The first-order valence-electron chi connectivity index (χ1n) is 6.06. The number of likely N-dealkylation sites (tertiary alicyclic amines) is 1. The molecule has 0 spiro atoms. The van der Waals surface area contributed by atoms with E-state index in [1.54, 1.807) is 17.0 Å². The van der Waals surface area contributed by atoms with Gasteiger partial charge in [-0.3, -0.25) is 4.79 Å². The summed E-state index contributed by atoms with van der Waals surface area (Å²) in [4.78, 5) is 13.9. The number of hydrogen-bond donors (Lipinski definition) is 1. The molecule has 2 N–H and O–H groups in total. The van der Waals surface area contributed by atoms with Crippen LogP contribution in [0.1, 0.15) is 23.3 Å². The molecule has 4 nitrogen and oxygen atoms in total. The van der Waals surface area contributed by atoms with E-state index in [0.29, 0.717) is 18.8 Å². The van der Waals surface area contributed by atoms with Crippen molar-refractivity contribution in [3.05, 3.63) is 24.0 Å². The summed E-state index contributed by atoms with van der Waals surface area (Å²) < 4.78 is 26.1. The lowest BCUT2D eigenvalue weighted by molar-refractivity contribution is 0.0688. The second kappa shape index (κ2) is 5.48. The van der Waals surface area contributed by atoms with Crippen LogP contribution in [0.5, 0.6) is 0 Å². The minimum atomic E-state index is -2.47. The van der Waals surface area contributed by atoms with Crippen molar-refractivity contribution < 1.29 is 13.6 Å². The van der Waals surface area contributed by atoms with Crippen LogP contribution >= 0.6 is 0 Å². The van der Waals surface area contributed by atoms with E-state index in [9.17, 15) is 13.6 Å². The van der Waals surface area contributed by atoms with E-state index in [-0.39, 0.29) is 11.9 Å². The number of rotatable bonds is 3. The van der Waals surface area contributed by atoms with Gasteiger partial charge in [0.2, 0.25) is 0 Å². The molecule has 18 heavy (non-hydrogen) atoms. The molecule has 2 heterocycles. The van der Waals surface area contributed by atoms with Gasteiger partial charge in [0.15, 0.2) is 0 Å². The fraction of sp³-hybridized carbons (Fsp3) is 0.583. The molecule has 1 aliphatic heterocycles. The third kappa shape index (κ3) is 2.87. The smallest absolute Gasteiger partial charge is 0.270 e. The quantitative estimate of drug-likeness (QED) is 0.887. The van der Waals surface area contributed by atoms with Crippen LogP contribution in [0.4, 0.5) is 8.78 Å². The summed E-state index contributed by atoms with van der Waals surface area (Å²) in [5.41, 5.74) is 6.12. The van der Waals surface area contributed by atoms with Gasteiger partial charge in [0.1, 0.15) is 5.69 Å². The van der Waals surface area contributed by atoms with E-state index in [2.05, 4.69) is 0 Å². The first-order valence-corrected chi connectivity index (χ1v) is 6.06. The molecular formula is C12H17F2N3O. The SMILES string of the molecule is N[C@@H]1CCCN(C(=O)c2cccn2CC(F)F)C1. The molecule has 2 rings (SSSR count). The fourth-order valence-electron chi connectivity index (χ4n) is 2.27. The maximum Gasteiger partial charge on any atom is 0.270 e. The largest absolute Gasteiger partial charge is 0.338 e.